The molecule has 66 valence electrons. The summed E-state index contributed by atoms with van der Waals surface area (Å²) in [5.74, 6) is -1.21. The molecule has 2 rings (SSSR count). The molecule has 0 aromatic carbocycles. The third-order valence-corrected chi connectivity index (χ3v) is 1.32. The zero-order valence-corrected chi connectivity index (χ0v) is 6.26. The Hall–Kier alpha value is -2.18. The number of aromatic carboxylic acids is 1. The number of hydrogen-bond acceptors (Lipinski definition) is 5. The first-order valence-corrected chi connectivity index (χ1v) is 3.34. The molecule has 7 heteroatoms. The van der Waals surface area contributed by atoms with E-state index in [9.17, 15) is 4.79 Å². The molecule has 0 unspecified atom stereocenters. The van der Waals surface area contributed by atoms with Crippen molar-refractivity contribution in [3.05, 3.63) is 18.3 Å². The van der Waals surface area contributed by atoms with Crippen molar-refractivity contribution in [3.8, 4) is 11.6 Å². The van der Waals surface area contributed by atoms with Crippen molar-refractivity contribution < 1.29 is 14.4 Å². The van der Waals surface area contributed by atoms with Crippen LogP contribution in [0.4, 0.5) is 0 Å². The fourth-order valence-electron chi connectivity index (χ4n) is 0.794. The van der Waals surface area contributed by atoms with Crippen molar-refractivity contribution in [2.45, 2.75) is 0 Å². The van der Waals surface area contributed by atoms with E-state index in [-0.39, 0.29) is 5.82 Å². The maximum absolute atomic E-state index is 10.4. The Labute approximate surface area is 71.4 Å². The fourth-order valence-corrected chi connectivity index (χ4v) is 0.794. The third-order valence-electron chi connectivity index (χ3n) is 1.32. The predicted octanol–water partition coefficient (Wildman–Crippen LogP) is 0.158. The quantitative estimate of drug-likeness (QED) is 0.681. The van der Waals surface area contributed by atoms with Gasteiger partial charge >= 0.3 is 11.9 Å². The van der Waals surface area contributed by atoms with Crippen molar-refractivity contribution in [2.24, 2.45) is 0 Å². The first kappa shape index (κ1) is 7.47. The van der Waals surface area contributed by atoms with Crippen LogP contribution in [0.1, 0.15) is 10.7 Å². The average molecular weight is 180 g/mol. The minimum absolute atomic E-state index is 0.127. The van der Waals surface area contributed by atoms with E-state index < -0.39 is 11.9 Å². The second-order valence-electron chi connectivity index (χ2n) is 2.17. The molecular formula is C6H4N4O3. The molecule has 7 nitrogen and oxygen atoms in total. The molecule has 0 amide bonds. The highest BCUT2D eigenvalue weighted by atomic mass is 16.5. The summed E-state index contributed by atoms with van der Waals surface area (Å²) >= 11 is 0. The van der Waals surface area contributed by atoms with Crippen LogP contribution in [0, 0.1) is 0 Å². The van der Waals surface area contributed by atoms with Crippen molar-refractivity contribution in [1.82, 2.24) is 20.1 Å². The lowest BCUT2D eigenvalue weighted by Crippen LogP contribution is -1.95. The van der Waals surface area contributed by atoms with E-state index in [1.165, 1.54) is 6.20 Å². The zero-order chi connectivity index (χ0) is 9.26. The number of carbonyl (C=O) groups is 1. The summed E-state index contributed by atoms with van der Waals surface area (Å²) in [6.07, 6.45) is 3.08. The normalized spacial score (nSPS) is 10.2. The lowest BCUT2D eigenvalue weighted by molar-refractivity contribution is 0.0643. The summed E-state index contributed by atoms with van der Waals surface area (Å²) < 4.78 is 4.43. The molecule has 0 bridgehead atoms. The summed E-state index contributed by atoms with van der Waals surface area (Å²) in [6.45, 7) is 0. The Morgan fingerprint density at radius 3 is 3.00 bits per heavy atom. The first-order chi connectivity index (χ1) is 6.27. The number of hydrogen-bond donors (Lipinski definition) is 2. The van der Waals surface area contributed by atoms with Gasteiger partial charge < -0.3 is 14.6 Å². The van der Waals surface area contributed by atoms with Crippen LogP contribution >= 0.6 is 0 Å². The van der Waals surface area contributed by atoms with Gasteiger partial charge in [0, 0.05) is 12.4 Å². The molecule has 0 saturated carbocycles. The van der Waals surface area contributed by atoms with Crippen molar-refractivity contribution >= 4 is 5.97 Å². The van der Waals surface area contributed by atoms with E-state index >= 15 is 0 Å². The standard InChI is InChI=1S/C6H4N4O3/c11-6(12)5-9-4(10-13-5)3-7-1-2-8-3/h1-2H,(H,7,8)(H,11,12). The van der Waals surface area contributed by atoms with Gasteiger partial charge in [-0.05, 0) is 0 Å². The fraction of sp³-hybridized carbons (Fsp3) is 0. The van der Waals surface area contributed by atoms with Crippen LogP contribution in [0.25, 0.3) is 11.6 Å². The monoisotopic (exact) mass is 180 g/mol. The number of nitrogens with one attached hydrogen (secondary N) is 1. The molecule has 2 N–H and O–H groups in total. The summed E-state index contributed by atoms with van der Waals surface area (Å²) in [5, 5.41) is 11.9. The number of carboxylic acid groups (broad SMARTS) is 1. The van der Waals surface area contributed by atoms with Gasteiger partial charge in [0.05, 0.1) is 0 Å². The highest BCUT2D eigenvalue weighted by Crippen LogP contribution is 2.08. The van der Waals surface area contributed by atoms with Gasteiger partial charge in [-0.3, -0.25) is 0 Å². The summed E-state index contributed by atoms with van der Waals surface area (Å²) in [4.78, 5) is 20.5. The van der Waals surface area contributed by atoms with Crippen LogP contribution in [0.5, 0.6) is 0 Å². The number of nitrogens with zero attached hydrogens (tertiary/aromatic N) is 3. The van der Waals surface area contributed by atoms with E-state index in [4.69, 9.17) is 5.11 Å². The number of aromatic nitrogens is 4. The van der Waals surface area contributed by atoms with E-state index in [2.05, 4.69) is 24.6 Å². The Morgan fingerprint density at radius 1 is 1.62 bits per heavy atom. The van der Waals surface area contributed by atoms with Gasteiger partial charge in [-0.1, -0.05) is 5.16 Å². The first-order valence-electron chi connectivity index (χ1n) is 3.34. The molecule has 0 aliphatic carbocycles. The highest BCUT2D eigenvalue weighted by molar-refractivity contribution is 5.82. The maximum atomic E-state index is 10.4. The molecule has 0 saturated heterocycles. The molecule has 2 aromatic heterocycles. The number of imidazole rings is 1. The van der Waals surface area contributed by atoms with Gasteiger partial charge in [-0.15, -0.1) is 0 Å². The molecule has 2 aromatic rings. The van der Waals surface area contributed by atoms with Crippen LogP contribution in [-0.4, -0.2) is 31.2 Å². The third kappa shape index (κ3) is 1.26. The predicted molar refractivity (Wildman–Crippen MR) is 38.8 cm³/mol. The van der Waals surface area contributed by atoms with Gasteiger partial charge in [0.25, 0.3) is 0 Å². The van der Waals surface area contributed by atoms with Crippen LogP contribution in [0.2, 0.25) is 0 Å². The minimum atomic E-state index is -1.26. The molecule has 0 atom stereocenters. The summed E-state index contributed by atoms with van der Waals surface area (Å²) in [7, 11) is 0. The van der Waals surface area contributed by atoms with E-state index in [0.717, 1.165) is 0 Å². The molecule has 0 spiro atoms. The number of rotatable bonds is 2. The molecule has 0 aliphatic rings. The van der Waals surface area contributed by atoms with Gasteiger partial charge in [0.2, 0.25) is 5.82 Å². The van der Waals surface area contributed by atoms with Crippen LogP contribution in [0.15, 0.2) is 16.9 Å². The lowest BCUT2D eigenvalue weighted by Gasteiger charge is -1.81. The maximum Gasteiger partial charge on any atom is 0.394 e. The van der Waals surface area contributed by atoms with Gasteiger partial charge in [-0.25, -0.2) is 9.78 Å². The topological polar surface area (TPSA) is 105 Å². The molecule has 0 aliphatic heterocycles. The van der Waals surface area contributed by atoms with Crippen LogP contribution in [-0.2, 0) is 0 Å². The largest absolute Gasteiger partial charge is 0.474 e. The van der Waals surface area contributed by atoms with Gasteiger partial charge in [0.1, 0.15) is 0 Å². The highest BCUT2D eigenvalue weighted by Gasteiger charge is 2.15. The van der Waals surface area contributed by atoms with E-state index in [1.807, 2.05) is 0 Å². The zero-order valence-electron chi connectivity index (χ0n) is 6.26. The van der Waals surface area contributed by atoms with Crippen LogP contribution < -0.4 is 0 Å². The Balaban J connectivity index is 2.39. The van der Waals surface area contributed by atoms with Gasteiger partial charge in [0.15, 0.2) is 5.82 Å². The number of H-pyrrole nitrogens is 1. The molecular weight excluding hydrogens is 176 g/mol. The minimum Gasteiger partial charge on any atom is -0.474 e. The SMILES string of the molecule is O=C(O)c1nc(-c2ncc[nH]2)no1. The van der Waals surface area contributed by atoms with Crippen LogP contribution in [0.3, 0.4) is 0 Å². The molecule has 0 radical (unpaired) electrons. The second-order valence-corrected chi connectivity index (χ2v) is 2.17. The Bertz CT molecular complexity index is 419. The summed E-state index contributed by atoms with van der Waals surface area (Å²) in [6, 6.07) is 0. The van der Waals surface area contributed by atoms with E-state index in [1.54, 1.807) is 6.20 Å². The summed E-state index contributed by atoms with van der Waals surface area (Å²) in [5.41, 5.74) is 0. The van der Waals surface area contributed by atoms with Gasteiger partial charge in [-0.2, -0.15) is 4.98 Å². The second kappa shape index (κ2) is 2.70. The molecule has 13 heavy (non-hydrogen) atoms. The number of carboxylic acids is 1. The van der Waals surface area contributed by atoms with Crippen molar-refractivity contribution in [2.75, 3.05) is 0 Å². The molecule has 0 fully saturated rings. The Kier molecular flexibility index (Phi) is 1.55. The van der Waals surface area contributed by atoms with E-state index in [0.29, 0.717) is 5.82 Å². The smallest absolute Gasteiger partial charge is 0.394 e. The van der Waals surface area contributed by atoms with Crippen molar-refractivity contribution in [1.29, 1.82) is 0 Å². The Morgan fingerprint density at radius 2 is 2.46 bits per heavy atom. The lowest BCUT2D eigenvalue weighted by atomic mass is 10.6. The molecule has 2 heterocycles. The average Bonchev–Trinajstić information content (AvgIpc) is 2.75. The number of aromatic amines is 1. The van der Waals surface area contributed by atoms with Crippen molar-refractivity contribution in [3.63, 3.8) is 0 Å².